The van der Waals surface area contributed by atoms with Crippen molar-refractivity contribution >= 4 is 11.9 Å². The van der Waals surface area contributed by atoms with Gasteiger partial charge in [0.2, 0.25) is 5.91 Å². The highest BCUT2D eigenvalue weighted by atomic mass is 16.5. The van der Waals surface area contributed by atoms with E-state index in [-0.39, 0.29) is 12.0 Å². The molecule has 1 rings (SSSR count). The second-order valence-corrected chi connectivity index (χ2v) is 5.18. The normalized spacial score (nSPS) is 23.6. The van der Waals surface area contributed by atoms with Crippen LogP contribution in [0.3, 0.4) is 0 Å². The number of carboxylic acid groups (broad SMARTS) is 1. The fourth-order valence-corrected chi connectivity index (χ4v) is 2.09. The first kappa shape index (κ1) is 15.9. The van der Waals surface area contributed by atoms with Gasteiger partial charge in [0.25, 0.3) is 0 Å². The lowest BCUT2D eigenvalue weighted by Crippen LogP contribution is -2.51. The lowest BCUT2D eigenvalue weighted by molar-refractivity contribution is -0.143. The number of carboxylic acids is 1. The summed E-state index contributed by atoms with van der Waals surface area (Å²) in [5.41, 5.74) is 5.79. The summed E-state index contributed by atoms with van der Waals surface area (Å²) in [6.07, 6.45) is 2.78. The van der Waals surface area contributed by atoms with Gasteiger partial charge in [0.15, 0.2) is 0 Å². The Hall–Kier alpha value is -1.14. The summed E-state index contributed by atoms with van der Waals surface area (Å²) >= 11 is 0. The summed E-state index contributed by atoms with van der Waals surface area (Å²) in [4.78, 5) is 23.1. The van der Waals surface area contributed by atoms with E-state index < -0.39 is 24.0 Å². The van der Waals surface area contributed by atoms with Gasteiger partial charge in [0.05, 0.1) is 12.1 Å². The molecule has 6 nitrogen and oxygen atoms in total. The molecule has 4 atom stereocenters. The fourth-order valence-electron chi connectivity index (χ4n) is 2.09. The molecule has 0 aliphatic carbocycles. The number of hydrogen-bond acceptors (Lipinski definition) is 4. The Bertz CT molecular complexity index is 316. The van der Waals surface area contributed by atoms with Crippen molar-refractivity contribution in [3.05, 3.63) is 0 Å². The van der Waals surface area contributed by atoms with Crippen molar-refractivity contribution in [1.29, 1.82) is 0 Å². The van der Waals surface area contributed by atoms with Crippen molar-refractivity contribution in [2.24, 2.45) is 11.7 Å². The number of carbonyl (C=O) groups excluding carboxylic acids is 1. The van der Waals surface area contributed by atoms with Crippen LogP contribution in [0.5, 0.6) is 0 Å². The number of rotatable bonds is 7. The number of nitrogens with one attached hydrogen (secondary N) is 1. The van der Waals surface area contributed by atoms with Crippen molar-refractivity contribution in [2.45, 2.75) is 57.7 Å². The van der Waals surface area contributed by atoms with Gasteiger partial charge in [-0.25, -0.2) is 4.79 Å². The van der Waals surface area contributed by atoms with Crippen LogP contribution in [-0.2, 0) is 14.3 Å². The average Bonchev–Trinajstić information content (AvgIpc) is 2.88. The van der Waals surface area contributed by atoms with Gasteiger partial charge >= 0.3 is 5.97 Å². The summed E-state index contributed by atoms with van der Waals surface area (Å²) in [6.45, 7) is 4.48. The van der Waals surface area contributed by atoms with Crippen LogP contribution in [0.25, 0.3) is 0 Å². The molecule has 19 heavy (non-hydrogen) atoms. The standard InChI is InChI=1S/C13H24N2O4/c1-3-8(2)11(14)12(16)15-10(13(17)18)7-9-5-4-6-19-9/h8-11H,3-7,14H2,1-2H3,(H,15,16)(H,17,18)/t8?,9?,10?,11-/m0/s1. The Morgan fingerprint density at radius 2 is 2.21 bits per heavy atom. The molecule has 0 aromatic carbocycles. The molecule has 1 aliphatic heterocycles. The zero-order valence-electron chi connectivity index (χ0n) is 11.6. The molecule has 0 aromatic rings. The molecule has 1 fully saturated rings. The fraction of sp³-hybridized carbons (Fsp3) is 0.846. The van der Waals surface area contributed by atoms with Gasteiger partial charge in [-0.2, -0.15) is 0 Å². The van der Waals surface area contributed by atoms with Gasteiger partial charge in [-0.15, -0.1) is 0 Å². The quantitative estimate of drug-likeness (QED) is 0.626. The third-order valence-corrected chi connectivity index (χ3v) is 3.70. The van der Waals surface area contributed by atoms with Crippen molar-refractivity contribution in [3.63, 3.8) is 0 Å². The molecule has 1 aliphatic rings. The first-order valence-electron chi connectivity index (χ1n) is 6.86. The second-order valence-electron chi connectivity index (χ2n) is 5.18. The third kappa shape index (κ3) is 4.80. The number of carbonyl (C=O) groups is 2. The summed E-state index contributed by atoms with van der Waals surface area (Å²) in [6, 6.07) is -1.60. The van der Waals surface area contributed by atoms with E-state index in [9.17, 15) is 9.59 Å². The molecule has 4 N–H and O–H groups in total. The van der Waals surface area contributed by atoms with Crippen LogP contribution in [0.1, 0.15) is 39.5 Å². The van der Waals surface area contributed by atoms with E-state index in [0.29, 0.717) is 13.0 Å². The number of ether oxygens (including phenoxy) is 1. The third-order valence-electron chi connectivity index (χ3n) is 3.70. The van der Waals surface area contributed by atoms with Crippen molar-refractivity contribution in [2.75, 3.05) is 6.61 Å². The average molecular weight is 272 g/mol. The largest absolute Gasteiger partial charge is 0.480 e. The number of aliphatic carboxylic acids is 1. The molecule has 0 radical (unpaired) electrons. The van der Waals surface area contributed by atoms with Gasteiger partial charge < -0.3 is 20.9 Å². The van der Waals surface area contributed by atoms with Crippen LogP contribution in [0.4, 0.5) is 0 Å². The summed E-state index contributed by atoms with van der Waals surface area (Å²) in [5, 5.41) is 11.7. The SMILES string of the molecule is CCC(C)[C@H](N)C(=O)NC(CC1CCCO1)C(=O)O. The van der Waals surface area contributed by atoms with Gasteiger partial charge in [-0.3, -0.25) is 4.79 Å². The molecule has 110 valence electrons. The molecule has 1 amide bonds. The zero-order chi connectivity index (χ0) is 14.4. The monoisotopic (exact) mass is 272 g/mol. The molecular formula is C13H24N2O4. The molecular weight excluding hydrogens is 248 g/mol. The smallest absolute Gasteiger partial charge is 0.326 e. The van der Waals surface area contributed by atoms with Crippen LogP contribution in [0, 0.1) is 5.92 Å². The lowest BCUT2D eigenvalue weighted by Gasteiger charge is -2.22. The van der Waals surface area contributed by atoms with Crippen LogP contribution >= 0.6 is 0 Å². The molecule has 1 saturated heterocycles. The molecule has 6 heteroatoms. The van der Waals surface area contributed by atoms with Crippen LogP contribution in [0.2, 0.25) is 0 Å². The zero-order valence-corrected chi connectivity index (χ0v) is 11.6. The Balaban J connectivity index is 2.52. The molecule has 3 unspecified atom stereocenters. The van der Waals surface area contributed by atoms with Crippen molar-refractivity contribution < 1.29 is 19.4 Å². The Morgan fingerprint density at radius 3 is 2.68 bits per heavy atom. The van der Waals surface area contributed by atoms with Crippen molar-refractivity contribution in [1.82, 2.24) is 5.32 Å². The van der Waals surface area contributed by atoms with Gasteiger partial charge in [0, 0.05) is 13.0 Å². The maximum Gasteiger partial charge on any atom is 0.326 e. The van der Waals surface area contributed by atoms with Gasteiger partial charge in [-0.1, -0.05) is 20.3 Å². The van der Waals surface area contributed by atoms with E-state index in [2.05, 4.69) is 5.32 Å². The number of amides is 1. The van der Waals surface area contributed by atoms with Gasteiger partial charge in [0.1, 0.15) is 6.04 Å². The molecule has 1 heterocycles. The second kappa shape index (κ2) is 7.45. The molecule has 0 spiro atoms. The van der Waals surface area contributed by atoms with Crippen LogP contribution in [0.15, 0.2) is 0 Å². The van der Waals surface area contributed by atoms with E-state index >= 15 is 0 Å². The number of hydrogen-bond donors (Lipinski definition) is 3. The van der Waals surface area contributed by atoms with Crippen LogP contribution in [-0.4, -0.2) is 41.8 Å². The van der Waals surface area contributed by atoms with E-state index in [1.165, 1.54) is 0 Å². The Morgan fingerprint density at radius 1 is 1.53 bits per heavy atom. The lowest BCUT2D eigenvalue weighted by atomic mass is 9.98. The summed E-state index contributed by atoms with van der Waals surface area (Å²) < 4.78 is 5.40. The number of nitrogens with two attached hydrogens (primary N) is 1. The highest BCUT2D eigenvalue weighted by molar-refractivity contribution is 5.86. The van der Waals surface area contributed by atoms with E-state index in [4.69, 9.17) is 15.6 Å². The van der Waals surface area contributed by atoms with E-state index in [1.54, 1.807) is 0 Å². The first-order chi connectivity index (χ1) is 8.95. The van der Waals surface area contributed by atoms with Crippen LogP contribution < -0.4 is 11.1 Å². The molecule has 0 saturated carbocycles. The van der Waals surface area contributed by atoms with E-state index in [0.717, 1.165) is 19.3 Å². The predicted octanol–water partition coefficient (Wildman–Crippen LogP) is 0.498. The molecule has 0 bridgehead atoms. The predicted molar refractivity (Wildman–Crippen MR) is 70.6 cm³/mol. The maximum atomic E-state index is 11.9. The highest BCUT2D eigenvalue weighted by Crippen LogP contribution is 2.17. The minimum atomic E-state index is -1.04. The maximum absolute atomic E-state index is 11.9. The first-order valence-corrected chi connectivity index (χ1v) is 6.86. The van der Waals surface area contributed by atoms with E-state index in [1.807, 2.05) is 13.8 Å². The highest BCUT2D eigenvalue weighted by Gasteiger charge is 2.29. The molecule has 0 aromatic heterocycles. The topological polar surface area (TPSA) is 102 Å². The van der Waals surface area contributed by atoms with Gasteiger partial charge in [-0.05, 0) is 18.8 Å². The summed E-state index contributed by atoms with van der Waals surface area (Å²) in [7, 11) is 0. The minimum absolute atomic E-state index is 0.0252. The Kier molecular flexibility index (Phi) is 6.24. The minimum Gasteiger partial charge on any atom is -0.480 e. The van der Waals surface area contributed by atoms with Crippen molar-refractivity contribution in [3.8, 4) is 0 Å². The Labute approximate surface area is 113 Å². The summed E-state index contributed by atoms with van der Waals surface area (Å²) in [5.74, 6) is -1.42.